The highest BCUT2D eigenvalue weighted by Gasteiger charge is 2.12. The summed E-state index contributed by atoms with van der Waals surface area (Å²) < 4.78 is 6.94. The summed E-state index contributed by atoms with van der Waals surface area (Å²) in [5, 5.41) is 14.4. The van der Waals surface area contributed by atoms with Gasteiger partial charge in [-0.1, -0.05) is 29.8 Å². The maximum absolute atomic E-state index is 12.3. The molecule has 0 radical (unpaired) electrons. The van der Waals surface area contributed by atoms with E-state index < -0.39 is 0 Å². The summed E-state index contributed by atoms with van der Waals surface area (Å²) in [5.74, 6) is 1.21. The summed E-state index contributed by atoms with van der Waals surface area (Å²) in [6.07, 6.45) is 1.11. The molecule has 0 fully saturated rings. The van der Waals surface area contributed by atoms with Crippen LogP contribution < -0.4 is 10.1 Å². The molecule has 0 aliphatic rings. The number of benzene rings is 2. The number of rotatable bonds is 6. The largest absolute Gasteiger partial charge is 0.494 e. The van der Waals surface area contributed by atoms with Crippen LogP contribution >= 0.6 is 0 Å². The lowest BCUT2D eigenvalue weighted by Crippen LogP contribution is -2.13. The molecule has 26 heavy (non-hydrogen) atoms. The molecule has 7 heteroatoms. The number of aromatic nitrogens is 4. The highest BCUT2D eigenvalue weighted by Crippen LogP contribution is 2.26. The molecule has 1 aromatic heterocycles. The van der Waals surface area contributed by atoms with E-state index in [4.69, 9.17) is 4.74 Å². The molecule has 2 aromatic carbocycles. The van der Waals surface area contributed by atoms with Gasteiger partial charge >= 0.3 is 0 Å². The lowest BCUT2D eigenvalue weighted by molar-refractivity contribution is -0.116. The molecule has 0 atom stereocenters. The quantitative estimate of drug-likeness (QED) is 0.738. The maximum Gasteiger partial charge on any atom is 0.224 e. The molecule has 3 rings (SSSR count). The number of hydrogen-bond donors (Lipinski definition) is 1. The monoisotopic (exact) mass is 351 g/mol. The van der Waals surface area contributed by atoms with E-state index in [0.717, 1.165) is 5.56 Å². The fourth-order valence-corrected chi connectivity index (χ4v) is 2.62. The minimum absolute atomic E-state index is 0.0462. The summed E-state index contributed by atoms with van der Waals surface area (Å²) >= 11 is 0. The molecule has 0 aliphatic carbocycles. The third-order valence-electron chi connectivity index (χ3n) is 4.08. The number of aryl methyl sites for hydroxylation is 3. The van der Waals surface area contributed by atoms with Gasteiger partial charge in [-0.05, 0) is 54.5 Å². The van der Waals surface area contributed by atoms with Crippen LogP contribution in [0.2, 0.25) is 0 Å². The van der Waals surface area contributed by atoms with Crippen molar-refractivity contribution in [3.8, 4) is 11.4 Å². The van der Waals surface area contributed by atoms with Crippen molar-refractivity contribution in [3.63, 3.8) is 0 Å². The van der Waals surface area contributed by atoms with Crippen molar-refractivity contribution in [2.24, 2.45) is 0 Å². The van der Waals surface area contributed by atoms with Gasteiger partial charge in [0.1, 0.15) is 11.4 Å². The molecule has 7 nitrogen and oxygen atoms in total. The second-order valence-electron chi connectivity index (χ2n) is 6.06. The van der Waals surface area contributed by atoms with Crippen LogP contribution in [-0.2, 0) is 11.2 Å². The SMILES string of the molecule is COc1ccc(NC(=O)CCc2ccc(C)cc2)cc1-n1nnnc1C. The van der Waals surface area contributed by atoms with Gasteiger partial charge in [-0.3, -0.25) is 4.79 Å². The van der Waals surface area contributed by atoms with E-state index in [-0.39, 0.29) is 5.91 Å². The Bertz CT molecular complexity index is 903. The Labute approximate surface area is 152 Å². The Morgan fingerprint density at radius 1 is 1.15 bits per heavy atom. The zero-order chi connectivity index (χ0) is 18.5. The van der Waals surface area contributed by atoms with E-state index in [1.165, 1.54) is 5.56 Å². The molecule has 0 saturated carbocycles. The molecule has 1 N–H and O–H groups in total. The Hall–Kier alpha value is -3.22. The van der Waals surface area contributed by atoms with Gasteiger partial charge in [-0.2, -0.15) is 4.68 Å². The first-order valence-electron chi connectivity index (χ1n) is 8.35. The predicted octanol–water partition coefficient (Wildman–Crippen LogP) is 2.86. The zero-order valence-electron chi connectivity index (χ0n) is 15.1. The van der Waals surface area contributed by atoms with Crippen molar-refractivity contribution in [2.75, 3.05) is 12.4 Å². The minimum Gasteiger partial charge on any atom is -0.494 e. The predicted molar refractivity (Wildman–Crippen MR) is 98.6 cm³/mol. The van der Waals surface area contributed by atoms with E-state index in [1.54, 1.807) is 36.9 Å². The minimum atomic E-state index is -0.0462. The first kappa shape index (κ1) is 17.6. The molecule has 0 spiro atoms. The second kappa shape index (κ2) is 7.77. The van der Waals surface area contributed by atoms with Gasteiger partial charge in [0.15, 0.2) is 5.82 Å². The number of carbonyl (C=O) groups excluding carboxylic acids is 1. The van der Waals surface area contributed by atoms with Gasteiger partial charge in [0.2, 0.25) is 5.91 Å². The van der Waals surface area contributed by atoms with Crippen LogP contribution in [0.5, 0.6) is 5.75 Å². The number of methoxy groups -OCH3 is 1. The van der Waals surface area contributed by atoms with E-state index in [9.17, 15) is 4.79 Å². The molecule has 0 unspecified atom stereocenters. The molecule has 1 heterocycles. The number of amides is 1. The van der Waals surface area contributed by atoms with Gasteiger partial charge in [0.05, 0.1) is 7.11 Å². The Morgan fingerprint density at radius 3 is 2.58 bits per heavy atom. The number of nitrogens with one attached hydrogen (secondary N) is 1. The summed E-state index contributed by atoms with van der Waals surface area (Å²) in [7, 11) is 1.58. The van der Waals surface area contributed by atoms with E-state index in [1.807, 2.05) is 6.92 Å². The van der Waals surface area contributed by atoms with Crippen molar-refractivity contribution >= 4 is 11.6 Å². The van der Waals surface area contributed by atoms with Crippen molar-refractivity contribution in [3.05, 3.63) is 59.4 Å². The Balaban J connectivity index is 1.70. The van der Waals surface area contributed by atoms with Crippen LogP contribution in [-0.4, -0.2) is 33.2 Å². The third kappa shape index (κ3) is 4.05. The number of carbonyl (C=O) groups is 1. The molecule has 0 bridgehead atoms. The number of hydrogen-bond acceptors (Lipinski definition) is 5. The average Bonchev–Trinajstić information content (AvgIpc) is 3.07. The third-order valence-corrected chi connectivity index (χ3v) is 4.08. The van der Waals surface area contributed by atoms with Gasteiger partial charge in [-0.15, -0.1) is 5.10 Å². The summed E-state index contributed by atoms with van der Waals surface area (Å²) in [6.45, 7) is 3.84. The lowest BCUT2D eigenvalue weighted by Gasteiger charge is -2.12. The first-order chi connectivity index (χ1) is 12.6. The van der Waals surface area contributed by atoms with Crippen LogP contribution in [0.25, 0.3) is 5.69 Å². The smallest absolute Gasteiger partial charge is 0.224 e. The average molecular weight is 351 g/mol. The maximum atomic E-state index is 12.3. The van der Waals surface area contributed by atoms with Crippen molar-refractivity contribution < 1.29 is 9.53 Å². The summed E-state index contributed by atoms with van der Waals surface area (Å²) in [6, 6.07) is 13.6. The lowest BCUT2D eigenvalue weighted by atomic mass is 10.1. The standard InChI is InChI=1S/C19H21N5O2/c1-13-4-6-15(7-5-13)8-11-19(25)20-16-9-10-18(26-3)17(12-16)24-14(2)21-22-23-24/h4-7,9-10,12H,8,11H2,1-3H3,(H,20,25). The molecular weight excluding hydrogens is 330 g/mol. The topological polar surface area (TPSA) is 81.9 Å². The fraction of sp³-hybridized carbons (Fsp3) is 0.263. The van der Waals surface area contributed by atoms with Crippen molar-refractivity contribution in [2.45, 2.75) is 26.7 Å². The number of tetrazole rings is 1. The number of anilines is 1. The van der Waals surface area contributed by atoms with E-state index in [2.05, 4.69) is 45.1 Å². The Kier molecular flexibility index (Phi) is 5.26. The summed E-state index contributed by atoms with van der Waals surface area (Å²) in [5.41, 5.74) is 3.70. The van der Waals surface area contributed by atoms with E-state index >= 15 is 0 Å². The summed E-state index contributed by atoms with van der Waals surface area (Å²) in [4.78, 5) is 12.3. The van der Waals surface area contributed by atoms with Gasteiger partial charge in [-0.25, -0.2) is 0 Å². The molecule has 0 aliphatic heterocycles. The van der Waals surface area contributed by atoms with Gasteiger partial charge in [0, 0.05) is 12.1 Å². The second-order valence-corrected chi connectivity index (χ2v) is 6.06. The van der Waals surface area contributed by atoms with Crippen LogP contribution in [0.3, 0.4) is 0 Å². The normalized spacial score (nSPS) is 10.6. The van der Waals surface area contributed by atoms with Crippen LogP contribution in [0, 0.1) is 13.8 Å². The number of nitrogens with zero attached hydrogens (tertiary/aromatic N) is 4. The molecule has 0 saturated heterocycles. The highest BCUT2D eigenvalue weighted by molar-refractivity contribution is 5.91. The van der Waals surface area contributed by atoms with Crippen LogP contribution in [0.1, 0.15) is 23.4 Å². The highest BCUT2D eigenvalue weighted by atomic mass is 16.5. The molecule has 134 valence electrons. The van der Waals surface area contributed by atoms with Crippen LogP contribution in [0.15, 0.2) is 42.5 Å². The van der Waals surface area contributed by atoms with Gasteiger partial charge < -0.3 is 10.1 Å². The molecular formula is C19H21N5O2. The number of ether oxygens (including phenoxy) is 1. The zero-order valence-corrected chi connectivity index (χ0v) is 15.1. The molecule has 3 aromatic rings. The van der Waals surface area contributed by atoms with Crippen molar-refractivity contribution in [1.82, 2.24) is 20.2 Å². The van der Waals surface area contributed by atoms with Crippen LogP contribution in [0.4, 0.5) is 5.69 Å². The first-order valence-corrected chi connectivity index (χ1v) is 8.35. The fourth-order valence-electron chi connectivity index (χ4n) is 2.62. The molecule has 1 amide bonds. The Morgan fingerprint density at radius 2 is 1.92 bits per heavy atom. The van der Waals surface area contributed by atoms with Gasteiger partial charge in [0.25, 0.3) is 0 Å². The van der Waals surface area contributed by atoms with Crippen molar-refractivity contribution in [1.29, 1.82) is 0 Å². The van der Waals surface area contributed by atoms with E-state index in [0.29, 0.717) is 35.8 Å².